The van der Waals surface area contributed by atoms with Crippen LogP contribution < -0.4 is 9.47 Å². The molecule has 0 saturated carbocycles. The third-order valence-corrected chi connectivity index (χ3v) is 7.52. The Kier molecular flexibility index (Phi) is 4.99. The van der Waals surface area contributed by atoms with E-state index in [9.17, 15) is 25.0 Å². The van der Waals surface area contributed by atoms with Gasteiger partial charge in [-0.3, -0.25) is 25.1 Å². The molecule has 2 bridgehead atoms. The van der Waals surface area contributed by atoms with Gasteiger partial charge in [-0.15, -0.1) is 0 Å². The smallest absolute Gasteiger partial charge is 0.339 e. The van der Waals surface area contributed by atoms with Crippen LogP contribution in [-0.4, -0.2) is 59.4 Å². The molecular weight excluding hydrogens is 474 g/mol. The van der Waals surface area contributed by atoms with E-state index in [1.165, 1.54) is 0 Å². The number of carbonyl (C=O) groups is 1. The largest absolute Gasteiger partial charge is 0.456 e. The molecule has 5 atom stereocenters. The van der Waals surface area contributed by atoms with E-state index in [-0.39, 0.29) is 24.5 Å². The number of hydrogen-bond donors (Lipinski definition) is 0. The van der Waals surface area contributed by atoms with E-state index < -0.39 is 38.7 Å². The minimum absolute atomic E-state index is 0.0300. The first kappa shape index (κ1) is 22.4. The summed E-state index contributed by atoms with van der Waals surface area (Å²) in [6.07, 6.45) is 3.90. The number of nitrogens with zero attached hydrogens (tertiary/aromatic N) is 3. The molecule has 6 rings (SSSR count). The zero-order chi connectivity index (χ0) is 25.2. The summed E-state index contributed by atoms with van der Waals surface area (Å²) in [6, 6.07) is 6.66. The van der Waals surface area contributed by atoms with Crippen LogP contribution in [0.1, 0.15) is 27.9 Å². The number of non-ortho nitro benzene ring substituents is 2. The molecule has 2 aromatic carbocycles. The van der Waals surface area contributed by atoms with Crippen LogP contribution in [0.15, 0.2) is 42.5 Å². The Labute approximate surface area is 204 Å². The summed E-state index contributed by atoms with van der Waals surface area (Å²) in [4.78, 5) is 36.5. The van der Waals surface area contributed by atoms with Crippen molar-refractivity contribution in [2.45, 2.75) is 36.6 Å². The van der Waals surface area contributed by atoms with E-state index in [4.69, 9.17) is 18.9 Å². The Hall–Kier alpha value is -4.03. The summed E-state index contributed by atoms with van der Waals surface area (Å²) in [6.45, 7) is 1.15. The Bertz CT molecular complexity index is 1310. The van der Waals surface area contributed by atoms with Crippen LogP contribution in [0.5, 0.6) is 11.5 Å². The lowest BCUT2D eigenvalue weighted by molar-refractivity contribution is -0.394. The quantitative estimate of drug-likeness (QED) is 0.263. The maximum Gasteiger partial charge on any atom is 0.339 e. The zero-order valence-electron chi connectivity index (χ0n) is 19.1. The molecule has 0 spiro atoms. The molecule has 2 aromatic rings. The first-order valence-electron chi connectivity index (χ1n) is 11.3. The van der Waals surface area contributed by atoms with Gasteiger partial charge >= 0.3 is 5.97 Å². The molecule has 12 heteroatoms. The van der Waals surface area contributed by atoms with Gasteiger partial charge in [0.25, 0.3) is 11.4 Å². The third-order valence-electron chi connectivity index (χ3n) is 7.52. The predicted octanol–water partition coefficient (Wildman–Crippen LogP) is 2.87. The monoisotopic (exact) mass is 495 g/mol. The van der Waals surface area contributed by atoms with E-state index >= 15 is 0 Å². The molecule has 3 heterocycles. The first-order valence-corrected chi connectivity index (χ1v) is 11.3. The van der Waals surface area contributed by atoms with Gasteiger partial charge in [-0.25, -0.2) is 4.79 Å². The van der Waals surface area contributed by atoms with Crippen LogP contribution in [0.3, 0.4) is 0 Å². The van der Waals surface area contributed by atoms with Gasteiger partial charge in [-0.05, 0) is 29.7 Å². The fourth-order valence-electron chi connectivity index (χ4n) is 5.92. The number of nitro benzene ring substituents is 2. The van der Waals surface area contributed by atoms with Gasteiger partial charge in [0.05, 0.1) is 33.0 Å². The second kappa shape index (κ2) is 8.00. The number of benzene rings is 2. The Balaban J connectivity index is 1.42. The number of hydrogen-bond acceptors (Lipinski definition) is 10. The molecule has 1 fully saturated rings. The van der Waals surface area contributed by atoms with E-state index in [1.807, 2.05) is 24.3 Å². The SMILES string of the molecule is COC1C=CC23c4cc5c(cc4CN(CC2OC(=O)c2cc([N+](=O)[O-])cc([N+](=O)[O-])c2)C3C1)OCO5. The first-order chi connectivity index (χ1) is 17.3. The molecule has 0 radical (unpaired) electrons. The van der Waals surface area contributed by atoms with Crippen LogP contribution in [0.4, 0.5) is 11.4 Å². The van der Waals surface area contributed by atoms with Gasteiger partial charge in [0.1, 0.15) is 6.10 Å². The average Bonchev–Trinajstić information content (AvgIpc) is 3.42. The molecule has 4 aliphatic rings. The Morgan fingerprint density at radius 3 is 2.44 bits per heavy atom. The molecule has 3 aliphatic heterocycles. The highest BCUT2D eigenvalue weighted by molar-refractivity contribution is 5.91. The molecule has 1 saturated heterocycles. The minimum atomic E-state index is -0.863. The van der Waals surface area contributed by atoms with Crippen molar-refractivity contribution in [3.63, 3.8) is 0 Å². The summed E-state index contributed by atoms with van der Waals surface area (Å²) in [5.74, 6) is 0.415. The summed E-state index contributed by atoms with van der Waals surface area (Å²) >= 11 is 0. The topological polar surface area (TPSA) is 144 Å². The van der Waals surface area contributed by atoms with Gasteiger partial charge in [-0.1, -0.05) is 12.2 Å². The number of ether oxygens (including phenoxy) is 4. The molecule has 0 aromatic heterocycles. The maximum atomic E-state index is 13.3. The highest BCUT2D eigenvalue weighted by Crippen LogP contribution is 2.54. The molecule has 36 heavy (non-hydrogen) atoms. The van der Waals surface area contributed by atoms with Crippen LogP contribution in [0.25, 0.3) is 0 Å². The third kappa shape index (κ3) is 3.25. The number of methoxy groups -OCH3 is 1. The van der Waals surface area contributed by atoms with Crippen molar-refractivity contribution in [2.24, 2.45) is 0 Å². The Morgan fingerprint density at radius 2 is 1.78 bits per heavy atom. The van der Waals surface area contributed by atoms with Crippen molar-refractivity contribution in [3.05, 3.63) is 79.4 Å². The van der Waals surface area contributed by atoms with E-state index in [0.29, 0.717) is 31.0 Å². The van der Waals surface area contributed by atoms with Crippen LogP contribution in [0.2, 0.25) is 0 Å². The summed E-state index contributed by atoms with van der Waals surface area (Å²) in [5, 5.41) is 22.6. The molecular formula is C24H21N3O9. The van der Waals surface area contributed by atoms with Crippen LogP contribution in [-0.2, 0) is 21.4 Å². The van der Waals surface area contributed by atoms with Gasteiger partial charge in [-0.2, -0.15) is 0 Å². The van der Waals surface area contributed by atoms with E-state index in [0.717, 1.165) is 29.3 Å². The fraction of sp³-hybridized carbons (Fsp3) is 0.375. The molecule has 0 N–H and O–H groups in total. The minimum Gasteiger partial charge on any atom is -0.456 e. The lowest BCUT2D eigenvalue weighted by Gasteiger charge is -2.46. The highest BCUT2D eigenvalue weighted by Gasteiger charge is 2.60. The van der Waals surface area contributed by atoms with E-state index in [2.05, 4.69) is 4.90 Å². The average molecular weight is 495 g/mol. The van der Waals surface area contributed by atoms with Crippen molar-refractivity contribution >= 4 is 17.3 Å². The second-order valence-electron chi connectivity index (χ2n) is 9.26. The summed E-state index contributed by atoms with van der Waals surface area (Å²) in [7, 11) is 1.64. The summed E-state index contributed by atoms with van der Waals surface area (Å²) in [5.41, 5.74) is -0.0916. The van der Waals surface area contributed by atoms with Crippen molar-refractivity contribution in [3.8, 4) is 11.5 Å². The molecule has 5 unspecified atom stereocenters. The second-order valence-corrected chi connectivity index (χ2v) is 9.26. The van der Waals surface area contributed by atoms with Crippen LogP contribution in [0, 0.1) is 20.2 Å². The van der Waals surface area contributed by atoms with Crippen molar-refractivity contribution in [2.75, 3.05) is 20.4 Å². The summed E-state index contributed by atoms with van der Waals surface area (Å²) < 4.78 is 22.8. The number of nitro groups is 2. The van der Waals surface area contributed by atoms with Crippen molar-refractivity contribution < 1.29 is 33.6 Å². The number of fused-ring (bicyclic) bond motifs is 2. The van der Waals surface area contributed by atoms with Crippen molar-refractivity contribution in [1.82, 2.24) is 4.90 Å². The predicted molar refractivity (Wildman–Crippen MR) is 122 cm³/mol. The number of carbonyl (C=O) groups excluding carboxylic acids is 1. The lowest BCUT2D eigenvalue weighted by Crippen LogP contribution is -2.53. The Morgan fingerprint density at radius 1 is 1.08 bits per heavy atom. The van der Waals surface area contributed by atoms with Crippen LogP contribution >= 0.6 is 0 Å². The normalized spacial score (nSPS) is 28.8. The molecule has 12 nitrogen and oxygen atoms in total. The van der Waals surface area contributed by atoms with Gasteiger partial charge in [0, 0.05) is 38.4 Å². The standard InChI is InChI=1S/C24H21N3O9/c1-33-17-2-3-24-18-9-20-19(34-12-35-20)6-14(18)10-25(21(24)8-17)11-22(24)36-23(28)13-4-15(26(29)30)7-16(5-13)27(31)32/h2-7,9,17,21-22H,8,10-12H2,1H3. The number of rotatable bonds is 5. The van der Waals surface area contributed by atoms with Gasteiger partial charge in [0.15, 0.2) is 11.5 Å². The highest BCUT2D eigenvalue weighted by atomic mass is 16.7. The zero-order valence-corrected chi connectivity index (χ0v) is 19.1. The molecule has 186 valence electrons. The fourth-order valence-corrected chi connectivity index (χ4v) is 5.92. The number of esters is 1. The van der Waals surface area contributed by atoms with E-state index in [1.54, 1.807) is 7.11 Å². The maximum absolute atomic E-state index is 13.3. The molecule has 0 amide bonds. The van der Waals surface area contributed by atoms with Crippen molar-refractivity contribution in [1.29, 1.82) is 0 Å². The van der Waals surface area contributed by atoms with Gasteiger partial charge in [0.2, 0.25) is 6.79 Å². The van der Waals surface area contributed by atoms with Gasteiger partial charge < -0.3 is 18.9 Å². The molecule has 1 aliphatic carbocycles. The lowest BCUT2D eigenvalue weighted by atomic mass is 9.65.